The molecule has 0 spiro atoms. The van der Waals surface area contributed by atoms with E-state index in [0.29, 0.717) is 0 Å². The van der Waals surface area contributed by atoms with Gasteiger partial charge in [-0.15, -0.1) is 0 Å². The van der Waals surface area contributed by atoms with Crippen LogP contribution in [0.15, 0.2) is 12.4 Å². The lowest BCUT2D eigenvalue weighted by molar-refractivity contribution is 0.421. The molecule has 18 heavy (non-hydrogen) atoms. The summed E-state index contributed by atoms with van der Waals surface area (Å²) in [7, 11) is 0. The maximum Gasteiger partial charge on any atom is 0.147 e. The predicted molar refractivity (Wildman–Crippen MR) is 74.7 cm³/mol. The molecule has 1 aromatic heterocycles. The zero-order valence-corrected chi connectivity index (χ0v) is 11.7. The Kier molecular flexibility index (Phi) is 4.17. The molecule has 1 aromatic rings. The molecule has 0 saturated carbocycles. The van der Waals surface area contributed by atoms with Crippen molar-refractivity contribution in [3.05, 3.63) is 18.1 Å². The van der Waals surface area contributed by atoms with Crippen LogP contribution >= 0.6 is 0 Å². The van der Waals surface area contributed by atoms with Gasteiger partial charge in [0.1, 0.15) is 5.82 Å². The summed E-state index contributed by atoms with van der Waals surface area (Å²) >= 11 is 0. The Labute approximate surface area is 110 Å². The Morgan fingerprint density at radius 2 is 1.83 bits per heavy atom. The third kappa shape index (κ3) is 3.95. The van der Waals surface area contributed by atoms with Crippen LogP contribution in [0.1, 0.15) is 45.7 Å². The van der Waals surface area contributed by atoms with E-state index in [1.807, 2.05) is 12.4 Å². The van der Waals surface area contributed by atoms with Crippen LogP contribution in [-0.2, 0) is 6.54 Å². The van der Waals surface area contributed by atoms with E-state index in [-0.39, 0.29) is 5.54 Å². The summed E-state index contributed by atoms with van der Waals surface area (Å²) in [6, 6.07) is 0. The predicted octanol–water partition coefficient (Wildman–Crippen LogP) is 2.36. The quantitative estimate of drug-likeness (QED) is 0.891. The van der Waals surface area contributed by atoms with Gasteiger partial charge in [0.2, 0.25) is 0 Å². The van der Waals surface area contributed by atoms with Gasteiger partial charge in [-0.05, 0) is 40.0 Å². The largest absolute Gasteiger partial charge is 0.355 e. The maximum atomic E-state index is 4.53. The summed E-state index contributed by atoms with van der Waals surface area (Å²) in [5.41, 5.74) is 1.12. The smallest absolute Gasteiger partial charge is 0.147 e. The van der Waals surface area contributed by atoms with Crippen LogP contribution < -0.4 is 10.2 Å². The number of nitrogens with one attached hydrogen (secondary N) is 1. The Hall–Kier alpha value is -1.16. The molecule has 1 fully saturated rings. The molecule has 0 atom stereocenters. The molecule has 0 aliphatic carbocycles. The SMILES string of the molecule is CC(C)(C)NCc1cnc(N2CCCCC2)cn1. The average Bonchev–Trinajstić information content (AvgIpc) is 2.37. The highest BCUT2D eigenvalue weighted by Gasteiger charge is 2.13. The first kappa shape index (κ1) is 13.3. The van der Waals surface area contributed by atoms with Crippen LogP contribution in [-0.4, -0.2) is 28.6 Å². The number of hydrogen-bond donors (Lipinski definition) is 1. The van der Waals surface area contributed by atoms with E-state index in [9.17, 15) is 0 Å². The third-order valence-electron chi connectivity index (χ3n) is 3.17. The minimum atomic E-state index is 0.118. The summed E-state index contributed by atoms with van der Waals surface area (Å²) in [6.45, 7) is 9.48. The summed E-state index contributed by atoms with van der Waals surface area (Å²) in [6.07, 6.45) is 7.69. The molecule has 1 aliphatic rings. The van der Waals surface area contributed by atoms with E-state index >= 15 is 0 Å². The molecule has 2 heterocycles. The van der Waals surface area contributed by atoms with Crippen molar-refractivity contribution in [3.63, 3.8) is 0 Å². The van der Waals surface area contributed by atoms with Gasteiger partial charge in [-0.2, -0.15) is 0 Å². The lowest BCUT2D eigenvalue weighted by atomic mass is 10.1. The molecule has 0 amide bonds. The molecule has 2 rings (SSSR count). The Morgan fingerprint density at radius 3 is 2.39 bits per heavy atom. The van der Waals surface area contributed by atoms with E-state index in [1.165, 1.54) is 19.3 Å². The molecular weight excluding hydrogens is 224 g/mol. The second kappa shape index (κ2) is 5.65. The van der Waals surface area contributed by atoms with Crippen molar-refractivity contribution in [1.82, 2.24) is 15.3 Å². The van der Waals surface area contributed by atoms with Gasteiger partial charge in [0.15, 0.2) is 0 Å². The Morgan fingerprint density at radius 1 is 1.11 bits per heavy atom. The second-order valence-electron chi connectivity index (χ2n) is 6.02. The summed E-state index contributed by atoms with van der Waals surface area (Å²) < 4.78 is 0. The van der Waals surface area contributed by atoms with Crippen molar-refractivity contribution in [2.75, 3.05) is 18.0 Å². The van der Waals surface area contributed by atoms with Crippen molar-refractivity contribution in [1.29, 1.82) is 0 Å². The fourth-order valence-electron chi connectivity index (χ4n) is 2.08. The maximum absolute atomic E-state index is 4.53. The number of aromatic nitrogens is 2. The van der Waals surface area contributed by atoms with Gasteiger partial charge in [0.25, 0.3) is 0 Å². The van der Waals surface area contributed by atoms with Crippen molar-refractivity contribution in [2.45, 2.75) is 52.1 Å². The van der Waals surface area contributed by atoms with Gasteiger partial charge in [-0.1, -0.05) is 0 Å². The zero-order chi connectivity index (χ0) is 13.0. The van der Waals surface area contributed by atoms with Crippen LogP contribution in [0.25, 0.3) is 0 Å². The van der Waals surface area contributed by atoms with E-state index in [1.54, 1.807) is 0 Å². The molecule has 1 saturated heterocycles. The lowest BCUT2D eigenvalue weighted by Crippen LogP contribution is -2.35. The first-order valence-electron chi connectivity index (χ1n) is 6.85. The van der Waals surface area contributed by atoms with Crippen LogP contribution in [0, 0.1) is 0 Å². The highest BCUT2D eigenvalue weighted by Crippen LogP contribution is 2.16. The molecule has 0 bridgehead atoms. The molecule has 4 heteroatoms. The van der Waals surface area contributed by atoms with E-state index in [0.717, 1.165) is 31.1 Å². The minimum Gasteiger partial charge on any atom is -0.355 e. The van der Waals surface area contributed by atoms with E-state index in [2.05, 4.69) is 41.0 Å². The molecule has 100 valence electrons. The van der Waals surface area contributed by atoms with Gasteiger partial charge in [0.05, 0.1) is 18.1 Å². The molecular formula is C14H24N4. The number of rotatable bonds is 3. The monoisotopic (exact) mass is 248 g/mol. The standard InChI is InChI=1S/C14H24N4/c1-14(2,3)17-10-12-9-16-13(11-15-12)18-7-5-4-6-8-18/h9,11,17H,4-8,10H2,1-3H3. The second-order valence-corrected chi connectivity index (χ2v) is 6.02. The Balaban J connectivity index is 1.92. The van der Waals surface area contributed by atoms with Gasteiger partial charge in [0, 0.05) is 25.2 Å². The summed E-state index contributed by atoms with van der Waals surface area (Å²) in [4.78, 5) is 11.3. The van der Waals surface area contributed by atoms with Gasteiger partial charge < -0.3 is 10.2 Å². The van der Waals surface area contributed by atoms with Crippen LogP contribution in [0.3, 0.4) is 0 Å². The van der Waals surface area contributed by atoms with Crippen molar-refractivity contribution >= 4 is 5.82 Å². The van der Waals surface area contributed by atoms with Gasteiger partial charge >= 0.3 is 0 Å². The van der Waals surface area contributed by atoms with Crippen LogP contribution in [0.4, 0.5) is 5.82 Å². The highest BCUT2D eigenvalue weighted by molar-refractivity contribution is 5.36. The number of hydrogen-bond acceptors (Lipinski definition) is 4. The average molecular weight is 248 g/mol. The summed E-state index contributed by atoms with van der Waals surface area (Å²) in [5.74, 6) is 1.02. The lowest BCUT2D eigenvalue weighted by Gasteiger charge is -2.27. The zero-order valence-electron chi connectivity index (χ0n) is 11.7. The topological polar surface area (TPSA) is 41.1 Å². The molecule has 0 radical (unpaired) electrons. The first-order valence-corrected chi connectivity index (χ1v) is 6.85. The highest BCUT2D eigenvalue weighted by atomic mass is 15.2. The van der Waals surface area contributed by atoms with Crippen LogP contribution in [0.5, 0.6) is 0 Å². The third-order valence-corrected chi connectivity index (χ3v) is 3.17. The van der Waals surface area contributed by atoms with Crippen molar-refractivity contribution in [3.8, 4) is 0 Å². The summed E-state index contributed by atoms with van der Waals surface area (Å²) in [5, 5.41) is 3.42. The van der Waals surface area contributed by atoms with Crippen molar-refractivity contribution in [2.24, 2.45) is 0 Å². The fourth-order valence-corrected chi connectivity index (χ4v) is 2.08. The van der Waals surface area contributed by atoms with E-state index < -0.39 is 0 Å². The molecule has 0 aromatic carbocycles. The van der Waals surface area contributed by atoms with Crippen LogP contribution in [0.2, 0.25) is 0 Å². The minimum absolute atomic E-state index is 0.118. The van der Waals surface area contributed by atoms with Gasteiger partial charge in [-0.25, -0.2) is 4.98 Å². The molecule has 4 nitrogen and oxygen atoms in total. The fraction of sp³-hybridized carbons (Fsp3) is 0.714. The molecule has 1 aliphatic heterocycles. The van der Waals surface area contributed by atoms with Crippen molar-refractivity contribution < 1.29 is 0 Å². The number of piperidine rings is 1. The van der Waals surface area contributed by atoms with Gasteiger partial charge in [-0.3, -0.25) is 4.98 Å². The van der Waals surface area contributed by atoms with E-state index in [4.69, 9.17) is 0 Å². The first-order chi connectivity index (χ1) is 8.54. The Bertz CT molecular complexity index is 360. The normalized spacial score (nSPS) is 16.9. The molecule has 1 N–H and O–H groups in total. The number of nitrogens with zero attached hydrogens (tertiary/aromatic N) is 3. The molecule has 0 unspecified atom stereocenters. The number of anilines is 1.